The molecule has 1 heterocycles. The van der Waals surface area contributed by atoms with Crippen LogP contribution < -0.4 is 9.47 Å². The maximum Gasteiger partial charge on any atom is 0.233 e. The van der Waals surface area contributed by atoms with Crippen molar-refractivity contribution in [2.24, 2.45) is 0 Å². The zero-order valence-corrected chi connectivity index (χ0v) is 18.0. The highest BCUT2D eigenvalue weighted by Gasteiger charge is 2.16. The molecule has 0 aliphatic rings. The molecule has 0 radical (unpaired) electrons. The fourth-order valence-corrected chi connectivity index (χ4v) is 3.98. The van der Waals surface area contributed by atoms with Gasteiger partial charge in [0, 0.05) is 42.3 Å². The molecule has 1 aromatic heterocycles. The van der Waals surface area contributed by atoms with E-state index >= 15 is 0 Å². The van der Waals surface area contributed by atoms with E-state index in [1.165, 1.54) is 11.8 Å². The van der Waals surface area contributed by atoms with Crippen LogP contribution in [-0.4, -0.2) is 47.4 Å². The van der Waals surface area contributed by atoms with Gasteiger partial charge in [0.1, 0.15) is 0 Å². The minimum atomic E-state index is -0.0134. The Balaban J connectivity index is 1.66. The van der Waals surface area contributed by atoms with Crippen molar-refractivity contribution in [3.05, 3.63) is 65.4 Å². The summed E-state index contributed by atoms with van der Waals surface area (Å²) in [6, 6.07) is 13.1. The molecule has 8 heteroatoms. The normalized spacial score (nSPS) is 10.6. The van der Waals surface area contributed by atoms with Crippen LogP contribution in [0.4, 0.5) is 0 Å². The Kier molecular flexibility index (Phi) is 7.06. The minimum Gasteiger partial charge on any atom is -0.493 e. The predicted octanol–water partition coefficient (Wildman–Crippen LogP) is 4.29. The average molecular weight is 432 g/mol. The number of aromatic nitrogens is 2. The third-order valence-corrected chi connectivity index (χ3v) is 5.52. The Morgan fingerprint density at radius 3 is 2.72 bits per heavy atom. The summed E-state index contributed by atoms with van der Waals surface area (Å²) in [5.74, 6) is 1.53. The van der Waals surface area contributed by atoms with Gasteiger partial charge in [-0.1, -0.05) is 41.6 Å². The Labute approximate surface area is 179 Å². The van der Waals surface area contributed by atoms with Crippen LogP contribution >= 0.6 is 23.4 Å². The summed E-state index contributed by atoms with van der Waals surface area (Å²) >= 11 is 7.47. The van der Waals surface area contributed by atoms with E-state index in [9.17, 15) is 4.79 Å². The molecule has 1 amide bonds. The number of ether oxygens (including phenoxy) is 2. The molecule has 0 aliphatic carbocycles. The van der Waals surface area contributed by atoms with E-state index in [-0.39, 0.29) is 11.7 Å². The van der Waals surface area contributed by atoms with Crippen molar-refractivity contribution >= 4 is 29.3 Å². The van der Waals surface area contributed by atoms with Crippen molar-refractivity contribution in [1.29, 1.82) is 0 Å². The summed E-state index contributed by atoms with van der Waals surface area (Å²) in [6.45, 7) is 0.419. The summed E-state index contributed by atoms with van der Waals surface area (Å²) in [5, 5.41) is 1.38. The zero-order chi connectivity index (χ0) is 20.8. The van der Waals surface area contributed by atoms with Crippen LogP contribution in [0.2, 0.25) is 5.02 Å². The Bertz CT molecular complexity index is 993. The second-order valence-electron chi connectivity index (χ2n) is 6.25. The Morgan fingerprint density at radius 1 is 1.21 bits per heavy atom. The van der Waals surface area contributed by atoms with E-state index < -0.39 is 0 Å². The first-order valence-electron chi connectivity index (χ1n) is 8.89. The molecule has 0 unspecified atom stereocenters. The number of halogens is 1. The number of hydrogen-bond donors (Lipinski definition) is 0. The lowest BCUT2D eigenvalue weighted by atomic mass is 10.1. The standard InChI is InChI=1S/C21H22ClN3O3S/c1-24(13-15-6-4-9-18(27-2)20(15)28-3)19(26)14-29-21-23-10-11-25(21)17-8-5-7-16(22)12-17/h4-12H,13-14H2,1-3H3. The molecule has 29 heavy (non-hydrogen) atoms. The average Bonchev–Trinajstić information content (AvgIpc) is 3.20. The summed E-state index contributed by atoms with van der Waals surface area (Å²) in [7, 11) is 4.95. The lowest BCUT2D eigenvalue weighted by Gasteiger charge is -2.20. The van der Waals surface area contributed by atoms with Gasteiger partial charge in [0.25, 0.3) is 0 Å². The highest BCUT2D eigenvalue weighted by Crippen LogP contribution is 2.31. The fraction of sp³-hybridized carbons (Fsp3) is 0.238. The van der Waals surface area contributed by atoms with Crippen molar-refractivity contribution in [1.82, 2.24) is 14.5 Å². The number of imidazole rings is 1. The number of hydrogen-bond acceptors (Lipinski definition) is 5. The van der Waals surface area contributed by atoms with Crippen molar-refractivity contribution in [3.8, 4) is 17.2 Å². The molecular formula is C21H22ClN3O3S. The molecule has 152 valence electrons. The maximum absolute atomic E-state index is 12.7. The van der Waals surface area contributed by atoms with Crippen LogP contribution in [0.1, 0.15) is 5.56 Å². The van der Waals surface area contributed by atoms with Gasteiger partial charge < -0.3 is 14.4 Å². The quantitative estimate of drug-likeness (QED) is 0.498. The topological polar surface area (TPSA) is 56.6 Å². The van der Waals surface area contributed by atoms with E-state index in [0.29, 0.717) is 23.1 Å². The van der Waals surface area contributed by atoms with Crippen molar-refractivity contribution in [2.45, 2.75) is 11.7 Å². The van der Waals surface area contributed by atoms with Gasteiger partial charge in [0.2, 0.25) is 5.91 Å². The first-order valence-corrected chi connectivity index (χ1v) is 10.3. The van der Waals surface area contributed by atoms with Crippen LogP contribution in [0.3, 0.4) is 0 Å². The van der Waals surface area contributed by atoms with Crippen LogP contribution in [-0.2, 0) is 11.3 Å². The van der Waals surface area contributed by atoms with E-state index in [2.05, 4.69) is 4.98 Å². The first-order chi connectivity index (χ1) is 14.0. The molecule has 0 fully saturated rings. The van der Waals surface area contributed by atoms with E-state index in [1.807, 2.05) is 53.2 Å². The molecular weight excluding hydrogens is 410 g/mol. The summed E-state index contributed by atoms with van der Waals surface area (Å²) < 4.78 is 12.7. The van der Waals surface area contributed by atoms with Gasteiger partial charge in [-0.15, -0.1) is 0 Å². The van der Waals surface area contributed by atoms with E-state index in [0.717, 1.165) is 16.4 Å². The van der Waals surface area contributed by atoms with Gasteiger partial charge in [0.05, 0.1) is 20.0 Å². The molecule has 3 aromatic rings. The highest BCUT2D eigenvalue weighted by atomic mass is 35.5. The van der Waals surface area contributed by atoms with Gasteiger partial charge >= 0.3 is 0 Å². The number of para-hydroxylation sites is 1. The lowest BCUT2D eigenvalue weighted by Crippen LogP contribution is -2.28. The number of benzene rings is 2. The van der Waals surface area contributed by atoms with Crippen molar-refractivity contribution < 1.29 is 14.3 Å². The van der Waals surface area contributed by atoms with E-state index in [1.54, 1.807) is 32.4 Å². The molecule has 0 bridgehead atoms. The second-order valence-corrected chi connectivity index (χ2v) is 7.63. The predicted molar refractivity (Wildman–Crippen MR) is 115 cm³/mol. The van der Waals surface area contributed by atoms with Crippen molar-refractivity contribution in [3.63, 3.8) is 0 Å². The van der Waals surface area contributed by atoms with E-state index in [4.69, 9.17) is 21.1 Å². The Morgan fingerprint density at radius 2 is 2.00 bits per heavy atom. The van der Waals surface area contributed by atoms with Crippen LogP contribution in [0.25, 0.3) is 5.69 Å². The molecule has 2 aromatic carbocycles. The maximum atomic E-state index is 12.7. The minimum absolute atomic E-state index is 0.0134. The largest absolute Gasteiger partial charge is 0.493 e. The molecule has 0 N–H and O–H groups in total. The molecule has 0 atom stereocenters. The van der Waals surface area contributed by atoms with Gasteiger partial charge in [-0.3, -0.25) is 9.36 Å². The summed E-state index contributed by atoms with van der Waals surface area (Å²) in [5.41, 5.74) is 1.78. The number of carbonyl (C=O) groups excluding carboxylic acids is 1. The highest BCUT2D eigenvalue weighted by molar-refractivity contribution is 7.99. The van der Waals surface area contributed by atoms with Crippen LogP contribution in [0, 0.1) is 0 Å². The molecule has 0 saturated heterocycles. The molecule has 6 nitrogen and oxygen atoms in total. The lowest BCUT2D eigenvalue weighted by molar-refractivity contribution is -0.127. The van der Waals surface area contributed by atoms with Gasteiger partial charge in [-0.05, 0) is 24.3 Å². The third-order valence-electron chi connectivity index (χ3n) is 4.34. The SMILES string of the molecule is COc1cccc(CN(C)C(=O)CSc2nccn2-c2cccc(Cl)c2)c1OC. The summed E-state index contributed by atoms with van der Waals surface area (Å²) in [6.07, 6.45) is 3.56. The molecule has 0 aliphatic heterocycles. The number of carbonyl (C=O) groups is 1. The number of amides is 1. The van der Waals surface area contributed by atoms with Crippen molar-refractivity contribution in [2.75, 3.05) is 27.0 Å². The molecule has 3 rings (SSSR count). The number of rotatable bonds is 8. The van der Waals surface area contributed by atoms with Gasteiger partial charge in [-0.25, -0.2) is 4.98 Å². The van der Waals surface area contributed by atoms with Gasteiger partial charge in [-0.2, -0.15) is 0 Å². The second kappa shape index (κ2) is 9.71. The number of methoxy groups -OCH3 is 2. The number of nitrogens with zero attached hydrogens (tertiary/aromatic N) is 3. The van der Waals surface area contributed by atoms with Gasteiger partial charge in [0.15, 0.2) is 16.7 Å². The molecule has 0 saturated carbocycles. The van der Waals surface area contributed by atoms with Crippen LogP contribution in [0.5, 0.6) is 11.5 Å². The number of thioether (sulfide) groups is 1. The first kappa shape index (κ1) is 21.1. The fourth-order valence-electron chi connectivity index (χ4n) is 2.88. The zero-order valence-electron chi connectivity index (χ0n) is 16.5. The Hall–Kier alpha value is -2.64. The van der Waals surface area contributed by atoms with Crippen LogP contribution in [0.15, 0.2) is 60.0 Å². The third kappa shape index (κ3) is 5.05. The smallest absolute Gasteiger partial charge is 0.233 e. The molecule has 0 spiro atoms. The summed E-state index contributed by atoms with van der Waals surface area (Å²) in [4.78, 5) is 18.7. The monoisotopic (exact) mass is 431 g/mol.